The Morgan fingerprint density at radius 1 is 1.27 bits per heavy atom. The van der Waals surface area contributed by atoms with Gasteiger partial charge in [-0.1, -0.05) is 48.1 Å². The molecule has 0 saturated heterocycles. The van der Waals surface area contributed by atoms with E-state index in [1.807, 2.05) is 18.2 Å². The predicted molar refractivity (Wildman–Crippen MR) is 121 cm³/mol. The summed E-state index contributed by atoms with van der Waals surface area (Å²) in [5.41, 5.74) is 1.68. The van der Waals surface area contributed by atoms with Gasteiger partial charge in [0.1, 0.15) is 12.3 Å². The van der Waals surface area contributed by atoms with Crippen LogP contribution in [0.25, 0.3) is 0 Å². The standard InChI is InChI=1S/C22H19ClN2O3S2/c1-22-11-28-16-5-3-2-4-15(16)18(22)19-20(29-12-22)25(21(27)30-19)10-17(26)24-14-8-6-13(23)7-9-14/h2-9,18H,10-12H2,1H3,(H,24,26)/t18-,22+/m1/s1. The highest BCUT2D eigenvalue weighted by Crippen LogP contribution is 2.56. The molecule has 0 unspecified atom stereocenters. The summed E-state index contributed by atoms with van der Waals surface area (Å²) in [4.78, 5) is 26.4. The number of carbonyl (C=O) groups is 1. The molecule has 0 spiro atoms. The summed E-state index contributed by atoms with van der Waals surface area (Å²) in [6.07, 6.45) is 0. The Morgan fingerprint density at radius 3 is 2.83 bits per heavy atom. The van der Waals surface area contributed by atoms with Gasteiger partial charge < -0.3 is 10.1 Å². The van der Waals surface area contributed by atoms with Crippen LogP contribution in [0.15, 0.2) is 58.4 Å². The number of aromatic nitrogens is 1. The number of rotatable bonds is 3. The van der Waals surface area contributed by atoms with E-state index in [-0.39, 0.29) is 28.7 Å². The third-order valence-electron chi connectivity index (χ3n) is 5.59. The first-order valence-electron chi connectivity index (χ1n) is 9.58. The molecule has 3 aromatic rings. The lowest BCUT2D eigenvalue weighted by Crippen LogP contribution is -2.41. The minimum Gasteiger partial charge on any atom is -0.493 e. The molecule has 5 rings (SSSR count). The lowest BCUT2D eigenvalue weighted by molar-refractivity contribution is -0.116. The predicted octanol–water partition coefficient (Wildman–Crippen LogP) is 4.84. The van der Waals surface area contributed by atoms with Crippen LogP contribution >= 0.6 is 34.7 Å². The number of nitrogens with one attached hydrogen (secondary N) is 1. The molecule has 2 aliphatic rings. The molecule has 1 N–H and O–H groups in total. The average Bonchev–Trinajstić information content (AvgIpc) is 3.04. The highest BCUT2D eigenvalue weighted by atomic mass is 35.5. The van der Waals surface area contributed by atoms with Crippen molar-refractivity contribution in [2.75, 3.05) is 17.7 Å². The van der Waals surface area contributed by atoms with E-state index in [1.165, 1.54) is 11.3 Å². The number of hydrogen-bond acceptors (Lipinski definition) is 5. The summed E-state index contributed by atoms with van der Waals surface area (Å²) >= 11 is 8.79. The topological polar surface area (TPSA) is 60.3 Å². The van der Waals surface area contributed by atoms with Crippen LogP contribution in [0.4, 0.5) is 5.69 Å². The largest absolute Gasteiger partial charge is 0.493 e. The van der Waals surface area contributed by atoms with E-state index in [0.717, 1.165) is 27.0 Å². The van der Waals surface area contributed by atoms with Gasteiger partial charge in [0, 0.05) is 38.2 Å². The Morgan fingerprint density at radius 2 is 2.03 bits per heavy atom. The van der Waals surface area contributed by atoms with Gasteiger partial charge >= 0.3 is 4.87 Å². The summed E-state index contributed by atoms with van der Waals surface area (Å²) in [5, 5.41) is 4.34. The van der Waals surface area contributed by atoms with Crippen molar-refractivity contribution in [3.8, 4) is 5.75 Å². The molecule has 154 valence electrons. The molecule has 0 radical (unpaired) electrons. The van der Waals surface area contributed by atoms with Crippen molar-refractivity contribution in [1.29, 1.82) is 0 Å². The van der Waals surface area contributed by atoms with Crippen LogP contribution in [0, 0.1) is 5.41 Å². The summed E-state index contributed by atoms with van der Waals surface area (Å²) in [6, 6.07) is 15.0. The van der Waals surface area contributed by atoms with E-state index < -0.39 is 0 Å². The number of ether oxygens (including phenoxy) is 1. The van der Waals surface area contributed by atoms with E-state index >= 15 is 0 Å². The van der Waals surface area contributed by atoms with Crippen molar-refractivity contribution in [3.63, 3.8) is 0 Å². The van der Waals surface area contributed by atoms with E-state index in [0.29, 0.717) is 17.3 Å². The number of hydrogen-bond donors (Lipinski definition) is 1. The molecule has 3 heterocycles. The van der Waals surface area contributed by atoms with Crippen molar-refractivity contribution in [2.24, 2.45) is 5.41 Å². The van der Waals surface area contributed by atoms with E-state index in [1.54, 1.807) is 40.6 Å². The number of thiazole rings is 1. The lowest BCUT2D eigenvalue weighted by Gasteiger charge is -2.44. The fraction of sp³-hybridized carbons (Fsp3) is 0.273. The van der Waals surface area contributed by atoms with Crippen molar-refractivity contribution >= 4 is 46.3 Å². The number of halogens is 1. The Labute approximate surface area is 187 Å². The molecule has 0 fully saturated rings. The van der Waals surface area contributed by atoms with E-state index in [9.17, 15) is 9.59 Å². The molecule has 2 aromatic carbocycles. The second-order valence-corrected chi connectivity index (χ2v) is 10.3. The van der Waals surface area contributed by atoms with Gasteiger partial charge in [0.2, 0.25) is 5.91 Å². The molecule has 0 bridgehead atoms. The van der Waals surface area contributed by atoms with Crippen molar-refractivity contribution in [3.05, 3.63) is 73.7 Å². The highest BCUT2D eigenvalue weighted by Gasteiger charge is 2.47. The number of para-hydroxylation sites is 1. The first-order chi connectivity index (χ1) is 14.4. The zero-order valence-corrected chi connectivity index (χ0v) is 18.6. The van der Waals surface area contributed by atoms with Gasteiger partial charge in [0.15, 0.2) is 0 Å². The normalized spacial score (nSPS) is 21.7. The maximum absolute atomic E-state index is 12.9. The SMILES string of the molecule is C[C@@]12COc3ccccc3[C@@H]1c1sc(=O)n(CC(=O)Nc3ccc(Cl)cc3)c1SC2. The van der Waals surface area contributed by atoms with Crippen LogP contribution < -0.4 is 14.9 Å². The van der Waals surface area contributed by atoms with Gasteiger partial charge in [-0.25, -0.2) is 0 Å². The fourth-order valence-corrected chi connectivity index (χ4v) is 7.07. The van der Waals surface area contributed by atoms with Gasteiger partial charge in [-0.15, -0.1) is 11.8 Å². The average molecular weight is 459 g/mol. The van der Waals surface area contributed by atoms with Crippen molar-refractivity contribution in [2.45, 2.75) is 24.4 Å². The minimum absolute atomic E-state index is 0.0120. The summed E-state index contributed by atoms with van der Waals surface area (Å²) in [5.74, 6) is 1.57. The third-order valence-corrected chi connectivity index (χ3v) is 8.53. The summed E-state index contributed by atoms with van der Waals surface area (Å²) in [7, 11) is 0. The molecule has 0 saturated carbocycles. The van der Waals surface area contributed by atoms with Crippen LogP contribution in [0.1, 0.15) is 23.3 Å². The molecule has 8 heteroatoms. The quantitative estimate of drug-likeness (QED) is 0.610. The Kier molecular flexibility index (Phi) is 4.92. The van der Waals surface area contributed by atoms with E-state index in [4.69, 9.17) is 16.3 Å². The van der Waals surface area contributed by atoms with Gasteiger partial charge in [-0.3, -0.25) is 14.2 Å². The molecular weight excluding hydrogens is 440 g/mol. The van der Waals surface area contributed by atoms with Gasteiger partial charge in [0.25, 0.3) is 0 Å². The van der Waals surface area contributed by atoms with Crippen molar-refractivity contribution < 1.29 is 9.53 Å². The third kappa shape index (κ3) is 3.35. The zero-order valence-electron chi connectivity index (χ0n) is 16.2. The first-order valence-corrected chi connectivity index (χ1v) is 11.8. The van der Waals surface area contributed by atoms with Crippen LogP contribution in [-0.2, 0) is 11.3 Å². The van der Waals surface area contributed by atoms with Crippen LogP contribution in [0.3, 0.4) is 0 Å². The monoisotopic (exact) mass is 458 g/mol. The number of amides is 1. The lowest BCUT2D eigenvalue weighted by atomic mass is 9.72. The fourth-order valence-electron chi connectivity index (χ4n) is 4.12. The molecule has 1 aromatic heterocycles. The summed E-state index contributed by atoms with van der Waals surface area (Å²) < 4.78 is 7.62. The van der Waals surface area contributed by atoms with E-state index in [2.05, 4.69) is 18.3 Å². The highest BCUT2D eigenvalue weighted by molar-refractivity contribution is 7.99. The number of anilines is 1. The van der Waals surface area contributed by atoms with Gasteiger partial charge in [0.05, 0.1) is 11.6 Å². The smallest absolute Gasteiger partial charge is 0.308 e. The van der Waals surface area contributed by atoms with Gasteiger partial charge in [-0.05, 0) is 30.3 Å². The second kappa shape index (κ2) is 7.48. The molecule has 2 aliphatic heterocycles. The minimum atomic E-state index is -0.235. The first kappa shape index (κ1) is 19.7. The second-order valence-electron chi connectivity index (χ2n) is 7.88. The van der Waals surface area contributed by atoms with Gasteiger partial charge in [-0.2, -0.15) is 0 Å². The number of benzene rings is 2. The molecule has 1 amide bonds. The maximum atomic E-state index is 12.9. The number of fused-ring (bicyclic) bond motifs is 5. The maximum Gasteiger partial charge on any atom is 0.308 e. The number of thioether (sulfide) groups is 1. The molecular formula is C22H19ClN2O3S2. The number of nitrogens with zero attached hydrogens (tertiary/aromatic N) is 1. The van der Waals surface area contributed by atoms with Crippen LogP contribution in [-0.4, -0.2) is 22.8 Å². The van der Waals surface area contributed by atoms with Crippen LogP contribution in [0.2, 0.25) is 5.02 Å². The molecule has 0 aliphatic carbocycles. The Balaban J connectivity index is 1.48. The molecule has 2 atom stereocenters. The Hall–Kier alpha value is -2.22. The Bertz CT molecular complexity index is 1190. The van der Waals surface area contributed by atoms with Crippen LogP contribution in [0.5, 0.6) is 5.75 Å². The zero-order chi connectivity index (χ0) is 20.9. The molecule has 5 nitrogen and oxygen atoms in total. The summed E-state index contributed by atoms with van der Waals surface area (Å²) in [6.45, 7) is 2.82. The number of carbonyl (C=O) groups excluding carboxylic acids is 1. The molecule has 30 heavy (non-hydrogen) atoms. The van der Waals surface area contributed by atoms with Crippen molar-refractivity contribution in [1.82, 2.24) is 4.57 Å².